The van der Waals surface area contributed by atoms with Crippen LogP contribution in [0.1, 0.15) is 5.56 Å². The lowest BCUT2D eigenvalue weighted by Crippen LogP contribution is -1.96. The Balaban J connectivity index is 2.04. The van der Waals surface area contributed by atoms with Crippen LogP contribution < -0.4 is 11.1 Å². The van der Waals surface area contributed by atoms with E-state index < -0.39 is 0 Å². The molecule has 0 amide bonds. The molecular weight excluding hydrogens is 245 g/mol. The molecule has 19 heavy (non-hydrogen) atoms. The van der Waals surface area contributed by atoms with Crippen LogP contribution in [0.4, 0.5) is 21.8 Å². The van der Waals surface area contributed by atoms with Crippen molar-refractivity contribution < 1.29 is 8.81 Å². The van der Waals surface area contributed by atoms with Crippen LogP contribution in [-0.4, -0.2) is 4.98 Å². The average molecular weight is 257 g/mol. The molecule has 3 aromatic rings. The molecule has 0 bridgehead atoms. The highest BCUT2D eigenvalue weighted by atomic mass is 19.1. The standard InChI is InChI=1S/C14H12FN3O/c1-8-4-2-5-9(15)12(8)17-14-18-13-10(16)6-3-7-11(13)19-14/h2-7H,16H2,1H3,(H,17,18). The molecule has 0 unspecified atom stereocenters. The Hall–Kier alpha value is -2.56. The Morgan fingerprint density at radius 3 is 2.74 bits per heavy atom. The number of benzene rings is 2. The van der Waals surface area contributed by atoms with E-state index in [4.69, 9.17) is 10.2 Å². The second-order valence-electron chi connectivity index (χ2n) is 4.27. The van der Waals surface area contributed by atoms with Crippen molar-refractivity contribution in [3.63, 3.8) is 0 Å². The molecular formula is C14H12FN3O. The summed E-state index contributed by atoms with van der Waals surface area (Å²) in [7, 11) is 0. The number of halogens is 1. The van der Waals surface area contributed by atoms with E-state index >= 15 is 0 Å². The molecule has 0 atom stereocenters. The van der Waals surface area contributed by atoms with Gasteiger partial charge in [-0.25, -0.2) is 4.39 Å². The highest BCUT2D eigenvalue weighted by Crippen LogP contribution is 2.28. The van der Waals surface area contributed by atoms with Gasteiger partial charge in [0.2, 0.25) is 0 Å². The molecule has 3 N–H and O–H groups in total. The number of oxazole rings is 1. The number of para-hydroxylation sites is 2. The van der Waals surface area contributed by atoms with Crippen LogP contribution in [-0.2, 0) is 0 Å². The first-order valence-corrected chi connectivity index (χ1v) is 5.82. The molecule has 4 nitrogen and oxygen atoms in total. The molecule has 1 aromatic heterocycles. The SMILES string of the molecule is Cc1cccc(F)c1Nc1nc2c(N)cccc2o1. The highest BCUT2D eigenvalue weighted by Gasteiger charge is 2.11. The third-order valence-corrected chi connectivity index (χ3v) is 2.90. The van der Waals surface area contributed by atoms with Gasteiger partial charge in [-0.3, -0.25) is 0 Å². The van der Waals surface area contributed by atoms with Gasteiger partial charge in [-0.15, -0.1) is 0 Å². The van der Waals surface area contributed by atoms with Crippen LogP contribution >= 0.6 is 0 Å². The van der Waals surface area contributed by atoms with Crippen molar-refractivity contribution in [1.82, 2.24) is 4.98 Å². The van der Waals surface area contributed by atoms with Crippen molar-refractivity contribution in [3.8, 4) is 0 Å². The Morgan fingerprint density at radius 2 is 2.00 bits per heavy atom. The zero-order valence-corrected chi connectivity index (χ0v) is 10.3. The van der Waals surface area contributed by atoms with Gasteiger partial charge in [0.15, 0.2) is 5.58 Å². The van der Waals surface area contributed by atoms with Crippen LogP contribution in [0, 0.1) is 12.7 Å². The molecule has 0 aliphatic carbocycles. The third-order valence-electron chi connectivity index (χ3n) is 2.90. The number of aromatic nitrogens is 1. The Bertz CT molecular complexity index is 731. The molecule has 96 valence electrons. The topological polar surface area (TPSA) is 64.1 Å². The van der Waals surface area contributed by atoms with E-state index in [0.717, 1.165) is 5.56 Å². The number of hydrogen-bond acceptors (Lipinski definition) is 4. The maximum atomic E-state index is 13.7. The largest absolute Gasteiger partial charge is 0.423 e. The molecule has 0 spiro atoms. The average Bonchev–Trinajstić information content (AvgIpc) is 2.78. The fourth-order valence-electron chi connectivity index (χ4n) is 1.92. The van der Waals surface area contributed by atoms with E-state index in [1.165, 1.54) is 6.07 Å². The number of anilines is 3. The predicted octanol–water partition coefficient (Wildman–Crippen LogP) is 3.60. The van der Waals surface area contributed by atoms with Crippen LogP contribution in [0.5, 0.6) is 0 Å². The van der Waals surface area contributed by atoms with E-state index in [1.54, 1.807) is 24.3 Å². The smallest absolute Gasteiger partial charge is 0.300 e. The van der Waals surface area contributed by atoms with E-state index in [0.29, 0.717) is 22.5 Å². The molecule has 1 heterocycles. The van der Waals surface area contributed by atoms with Crippen molar-refractivity contribution in [2.75, 3.05) is 11.1 Å². The number of hydrogen-bond donors (Lipinski definition) is 2. The number of nitrogen functional groups attached to an aromatic ring is 1. The monoisotopic (exact) mass is 257 g/mol. The molecule has 5 heteroatoms. The van der Waals surface area contributed by atoms with Crippen molar-refractivity contribution in [1.29, 1.82) is 0 Å². The summed E-state index contributed by atoms with van der Waals surface area (Å²) < 4.78 is 19.2. The van der Waals surface area contributed by atoms with Gasteiger partial charge in [-0.05, 0) is 30.7 Å². The van der Waals surface area contributed by atoms with Crippen molar-refractivity contribution in [3.05, 3.63) is 47.8 Å². The minimum atomic E-state index is -0.352. The van der Waals surface area contributed by atoms with Crippen molar-refractivity contribution in [2.24, 2.45) is 0 Å². The lowest BCUT2D eigenvalue weighted by atomic mass is 10.2. The zero-order chi connectivity index (χ0) is 13.4. The molecule has 0 saturated heterocycles. The zero-order valence-electron chi connectivity index (χ0n) is 10.3. The van der Waals surface area contributed by atoms with Gasteiger partial charge < -0.3 is 15.5 Å². The first-order valence-electron chi connectivity index (χ1n) is 5.82. The minimum Gasteiger partial charge on any atom is -0.423 e. The van der Waals surface area contributed by atoms with Crippen molar-refractivity contribution in [2.45, 2.75) is 6.92 Å². The summed E-state index contributed by atoms with van der Waals surface area (Å²) in [6.45, 7) is 1.81. The first kappa shape index (κ1) is 11.5. The van der Waals surface area contributed by atoms with E-state index in [2.05, 4.69) is 10.3 Å². The second kappa shape index (κ2) is 4.28. The summed E-state index contributed by atoms with van der Waals surface area (Å²) >= 11 is 0. The van der Waals surface area contributed by atoms with E-state index in [1.807, 2.05) is 13.0 Å². The summed E-state index contributed by atoms with van der Waals surface area (Å²) in [5.74, 6) is -0.352. The number of fused-ring (bicyclic) bond motifs is 1. The third kappa shape index (κ3) is 1.99. The van der Waals surface area contributed by atoms with Gasteiger partial charge in [-0.1, -0.05) is 18.2 Å². The number of nitrogens with zero attached hydrogens (tertiary/aromatic N) is 1. The summed E-state index contributed by atoms with van der Waals surface area (Å²) in [6.07, 6.45) is 0. The molecule has 3 rings (SSSR count). The van der Waals surface area contributed by atoms with Gasteiger partial charge in [0.25, 0.3) is 6.01 Å². The summed E-state index contributed by atoms with van der Waals surface area (Å²) in [5.41, 5.74) is 8.59. The van der Waals surface area contributed by atoms with Crippen LogP contribution in [0.2, 0.25) is 0 Å². The summed E-state index contributed by atoms with van der Waals surface area (Å²) in [4.78, 5) is 4.22. The molecule has 0 radical (unpaired) electrons. The van der Waals surface area contributed by atoms with E-state index in [-0.39, 0.29) is 11.8 Å². The van der Waals surface area contributed by atoms with Crippen LogP contribution in [0.25, 0.3) is 11.1 Å². The highest BCUT2D eigenvalue weighted by molar-refractivity contribution is 5.86. The quantitative estimate of drug-likeness (QED) is 0.688. The number of aryl methyl sites for hydroxylation is 1. The Labute approximate surface area is 109 Å². The van der Waals surface area contributed by atoms with Gasteiger partial charge in [0, 0.05) is 0 Å². The van der Waals surface area contributed by atoms with Gasteiger partial charge >= 0.3 is 0 Å². The molecule has 0 fully saturated rings. The Morgan fingerprint density at radius 1 is 1.21 bits per heavy atom. The lowest BCUT2D eigenvalue weighted by Gasteiger charge is -2.06. The maximum Gasteiger partial charge on any atom is 0.300 e. The molecule has 0 aliphatic heterocycles. The lowest BCUT2D eigenvalue weighted by molar-refractivity contribution is 0.611. The molecule has 0 aliphatic rings. The molecule has 2 aromatic carbocycles. The van der Waals surface area contributed by atoms with Crippen LogP contribution in [0.15, 0.2) is 40.8 Å². The first-order chi connectivity index (χ1) is 9.15. The number of rotatable bonds is 2. The van der Waals surface area contributed by atoms with Gasteiger partial charge in [-0.2, -0.15) is 4.98 Å². The number of nitrogens with one attached hydrogen (secondary N) is 1. The van der Waals surface area contributed by atoms with Gasteiger partial charge in [0.05, 0.1) is 11.4 Å². The fraction of sp³-hybridized carbons (Fsp3) is 0.0714. The van der Waals surface area contributed by atoms with Crippen molar-refractivity contribution >= 4 is 28.5 Å². The van der Waals surface area contributed by atoms with Gasteiger partial charge in [0.1, 0.15) is 11.3 Å². The Kier molecular flexibility index (Phi) is 2.59. The fourth-order valence-corrected chi connectivity index (χ4v) is 1.92. The minimum absolute atomic E-state index is 0.223. The second-order valence-corrected chi connectivity index (χ2v) is 4.27. The number of nitrogens with two attached hydrogens (primary N) is 1. The predicted molar refractivity (Wildman–Crippen MR) is 72.8 cm³/mol. The summed E-state index contributed by atoms with van der Waals surface area (Å²) in [5, 5.41) is 2.85. The normalized spacial score (nSPS) is 10.8. The summed E-state index contributed by atoms with van der Waals surface area (Å²) in [6, 6.07) is 10.3. The molecule has 0 saturated carbocycles. The van der Waals surface area contributed by atoms with Crippen LogP contribution in [0.3, 0.4) is 0 Å². The maximum absolute atomic E-state index is 13.7. The van der Waals surface area contributed by atoms with E-state index in [9.17, 15) is 4.39 Å².